The molecule has 1 aliphatic rings. The third kappa shape index (κ3) is 2.40. The third-order valence-corrected chi connectivity index (χ3v) is 5.40. The monoisotopic (exact) mass is 356 g/mol. The van der Waals surface area contributed by atoms with Crippen LogP contribution in [-0.2, 0) is 0 Å². The molecule has 0 aromatic heterocycles. The Bertz CT molecular complexity index is 1160. The number of halogens is 1. The van der Waals surface area contributed by atoms with E-state index in [1.165, 1.54) is 12.1 Å². The minimum atomic E-state index is -1.01. The van der Waals surface area contributed by atoms with Crippen LogP contribution < -0.4 is 0 Å². The summed E-state index contributed by atoms with van der Waals surface area (Å²) in [4.78, 5) is 0. The first-order valence-electron chi connectivity index (χ1n) is 8.92. The molecule has 0 saturated carbocycles. The van der Waals surface area contributed by atoms with Crippen molar-refractivity contribution in [3.05, 3.63) is 95.8 Å². The van der Waals surface area contributed by atoms with Crippen LogP contribution in [0.15, 0.2) is 78.9 Å². The highest BCUT2D eigenvalue weighted by Crippen LogP contribution is 2.50. The highest BCUT2D eigenvalue weighted by atomic mass is 19.1. The van der Waals surface area contributed by atoms with Gasteiger partial charge in [0.25, 0.3) is 0 Å². The van der Waals surface area contributed by atoms with Gasteiger partial charge in [-0.05, 0) is 56.3 Å². The van der Waals surface area contributed by atoms with Crippen LogP contribution >= 0.6 is 0 Å². The first-order valence-corrected chi connectivity index (χ1v) is 8.92. The van der Waals surface area contributed by atoms with Gasteiger partial charge in [0, 0.05) is 0 Å². The highest BCUT2D eigenvalue weighted by molar-refractivity contribution is 6.04. The topological polar surface area (TPSA) is 40.5 Å². The molecule has 2 N–H and O–H groups in total. The Kier molecular flexibility index (Phi) is 3.61. The molecule has 5 rings (SSSR count). The zero-order valence-electron chi connectivity index (χ0n) is 14.4. The standard InChI is InChI=1S/C24H17FO2/c25-16-11-8-15(9-12-16)18-6-3-7-19-21(18)22-17-5-2-1-4-14(17)10-13-20(22)24(27)23(19)26/h1-13,23-24,26-27H/t23-,24-/m0/s1. The first kappa shape index (κ1) is 16.2. The molecule has 0 bridgehead atoms. The molecule has 0 saturated heterocycles. The zero-order chi connectivity index (χ0) is 18.5. The lowest BCUT2D eigenvalue weighted by Gasteiger charge is -2.31. The Hall–Kier alpha value is -3.01. The molecular formula is C24H17FO2. The quantitative estimate of drug-likeness (QED) is 0.480. The Balaban J connectivity index is 1.90. The van der Waals surface area contributed by atoms with Gasteiger partial charge in [-0.25, -0.2) is 4.39 Å². The molecule has 2 nitrogen and oxygen atoms in total. The number of rotatable bonds is 1. The second-order valence-electron chi connectivity index (χ2n) is 6.92. The van der Waals surface area contributed by atoms with E-state index in [1.807, 2.05) is 54.6 Å². The second-order valence-corrected chi connectivity index (χ2v) is 6.92. The maximum absolute atomic E-state index is 13.4. The fourth-order valence-electron chi connectivity index (χ4n) is 4.12. The molecule has 0 radical (unpaired) electrons. The summed E-state index contributed by atoms with van der Waals surface area (Å²) < 4.78 is 13.4. The molecular weight excluding hydrogens is 339 g/mol. The lowest BCUT2D eigenvalue weighted by Crippen LogP contribution is -2.18. The molecule has 4 aromatic carbocycles. The molecule has 0 unspecified atom stereocenters. The number of hydrogen-bond donors (Lipinski definition) is 2. The van der Waals surface area contributed by atoms with Crippen molar-refractivity contribution in [3.8, 4) is 22.3 Å². The second kappa shape index (κ2) is 6.02. The molecule has 2 atom stereocenters. The van der Waals surface area contributed by atoms with E-state index in [2.05, 4.69) is 0 Å². The number of aliphatic hydroxyl groups excluding tert-OH is 2. The lowest BCUT2D eigenvalue weighted by molar-refractivity contribution is 0.0159. The van der Waals surface area contributed by atoms with Crippen LogP contribution in [0.4, 0.5) is 4.39 Å². The molecule has 132 valence electrons. The van der Waals surface area contributed by atoms with E-state index in [9.17, 15) is 14.6 Å². The maximum atomic E-state index is 13.4. The Morgan fingerprint density at radius 1 is 0.630 bits per heavy atom. The predicted molar refractivity (Wildman–Crippen MR) is 105 cm³/mol. The fourth-order valence-corrected chi connectivity index (χ4v) is 4.12. The van der Waals surface area contributed by atoms with E-state index < -0.39 is 12.2 Å². The fraction of sp³-hybridized carbons (Fsp3) is 0.0833. The summed E-state index contributed by atoms with van der Waals surface area (Å²) >= 11 is 0. The van der Waals surface area contributed by atoms with Crippen LogP contribution in [0.3, 0.4) is 0 Å². The summed E-state index contributed by atoms with van der Waals surface area (Å²) in [5, 5.41) is 23.6. The van der Waals surface area contributed by atoms with Crippen LogP contribution in [0.25, 0.3) is 33.0 Å². The van der Waals surface area contributed by atoms with Crippen molar-refractivity contribution in [1.29, 1.82) is 0 Å². The van der Waals surface area contributed by atoms with Crippen molar-refractivity contribution in [3.63, 3.8) is 0 Å². The average Bonchev–Trinajstić information content (AvgIpc) is 2.71. The predicted octanol–water partition coefficient (Wildman–Crippen LogP) is 5.39. The van der Waals surface area contributed by atoms with Gasteiger partial charge < -0.3 is 10.2 Å². The molecule has 4 aromatic rings. The van der Waals surface area contributed by atoms with E-state index in [1.54, 1.807) is 12.1 Å². The molecule has 0 aliphatic heterocycles. The SMILES string of the molecule is O[C@H]1c2cccc(-c3ccc(F)cc3)c2-c2c(ccc3ccccc23)[C@@H]1O. The Morgan fingerprint density at radius 3 is 2.11 bits per heavy atom. The Morgan fingerprint density at radius 2 is 1.33 bits per heavy atom. The molecule has 3 heteroatoms. The van der Waals surface area contributed by atoms with Crippen molar-refractivity contribution in [1.82, 2.24) is 0 Å². The number of aliphatic hydroxyl groups is 2. The maximum Gasteiger partial charge on any atom is 0.123 e. The van der Waals surface area contributed by atoms with Crippen LogP contribution in [0.2, 0.25) is 0 Å². The number of benzene rings is 4. The van der Waals surface area contributed by atoms with Crippen LogP contribution in [0, 0.1) is 5.82 Å². The van der Waals surface area contributed by atoms with Crippen molar-refractivity contribution < 1.29 is 14.6 Å². The van der Waals surface area contributed by atoms with Crippen molar-refractivity contribution in [2.75, 3.05) is 0 Å². The van der Waals surface area contributed by atoms with E-state index in [0.29, 0.717) is 11.1 Å². The molecule has 0 amide bonds. The van der Waals surface area contributed by atoms with Gasteiger partial charge in [-0.2, -0.15) is 0 Å². The van der Waals surface area contributed by atoms with Gasteiger partial charge in [0.2, 0.25) is 0 Å². The highest BCUT2D eigenvalue weighted by Gasteiger charge is 2.33. The average molecular weight is 356 g/mol. The first-order chi connectivity index (χ1) is 13.1. The number of fused-ring (bicyclic) bond motifs is 5. The minimum Gasteiger partial charge on any atom is -0.385 e. The summed E-state index contributed by atoms with van der Waals surface area (Å²) in [6.45, 7) is 0. The summed E-state index contributed by atoms with van der Waals surface area (Å²) in [6, 6.07) is 23.9. The summed E-state index contributed by atoms with van der Waals surface area (Å²) in [6.07, 6.45) is -1.99. The van der Waals surface area contributed by atoms with Gasteiger partial charge in [-0.1, -0.05) is 66.7 Å². The smallest absolute Gasteiger partial charge is 0.123 e. The zero-order valence-corrected chi connectivity index (χ0v) is 14.4. The molecule has 0 heterocycles. The molecule has 0 spiro atoms. The lowest BCUT2D eigenvalue weighted by atomic mass is 9.77. The van der Waals surface area contributed by atoms with E-state index in [0.717, 1.165) is 33.0 Å². The van der Waals surface area contributed by atoms with Gasteiger partial charge in [0.15, 0.2) is 0 Å². The van der Waals surface area contributed by atoms with Crippen molar-refractivity contribution in [2.24, 2.45) is 0 Å². The molecule has 0 fully saturated rings. The van der Waals surface area contributed by atoms with Gasteiger partial charge in [0.05, 0.1) is 0 Å². The van der Waals surface area contributed by atoms with Crippen molar-refractivity contribution >= 4 is 10.8 Å². The normalized spacial score (nSPS) is 18.2. The number of hydrogen-bond acceptors (Lipinski definition) is 2. The minimum absolute atomic E-state index is 0.287. The van der Waals surface area contributed by atoms with Crippen LogP contribution in [0.1, 0.15) is 23.3 Å². The van der Waals surface area contributed by atoms with Gasteiger partial charge in [0.1, 0.15) is 18.0 Å². The summed E-state index contributed by atoms with van der Waals surface area (Å²) in [5.74, 6) is -0.287. The third-order valence-electron chi connectivity index (χ3n) is 5.40. The Labute approximate surface area is 156 Å². The van der Waals surface area contributed by atoms with Crippen LogP contribution in [-0.4, -0.2) is 10.2 Å². The molecule has 27 heavy (non-hydrogen) atoms. The summed E-state index contributed by atoms with van der Waals surface area (Å²) in [7, 11) is 0. The molecule has 1 aliphatic carbocycles. The van der Waals surface area contributed by atoms with E-state index in [4.69, 9.17) is 0 Å². The summed E-state index contributed by atoms with van der Waals surface area (Å²) in [5.41, 5.74) is 5.01. The van der Waals surface area contributed by atoms with Gasteiger partial charge in [-0.15, -0.1) is 0 Å². The largest absolute Gasteiger partial charge is 0.385 e. The van der Waals surface area contributed by atoms with E-state index in [-0.39, 0.29) is 5.82 Å². The van der Waals surface area contributed by atoms with Crippen molar-refractivity contribution in [2.45, 2.75) is 12.2 Å². The van der Waals surface area contributed by atoms with Gasteiger partial charge >= 0.3 is 0 Å². The van der Waals surface area contributed by atoms with E-state index >= 15 is 0 Å². The van der Waals surface area contributed by atoms with Gasteiger partial charge in [-0.3, -0.25) is 0 Å². The van der Waals surface area contributed by atoms with Crippen LogP contribution in [0.5, 0.6) is 0 Å².